The van der Waals surface area contributed by atoms with Gasteiger partial charge in [-0.25, -0.2) is 0 Å². The predicted octanol–water partition coefficient (Wildman–Crippen LogP) is 2.13. The highest BCUT2D eigenvalue weighted by Crippen LogP contribution is 2.24. The summed E-state index contributed by atoms with van der Waals surface area (Å²) in [6, 6.07) is 7.82. The molecule has 1 aliphatic heterocycles. The first-order valence-electron chi connectivity index (χ1n) is 5.40. The molecule has 1 aliphatic rings. The minimum atomic E-state index is -0.585. The largest absolute Gasteiger partial charge is 0.368 e. The third-order valence-electron chi connectivity index (χ3n) is 2.64. The number of aliphatic hydroxyl groups is 1. The molecule has 15 heavy (non-hydrogen) atoms. The van der Waals surface area contributed by atoms with Crippen LogP contribution in [0.3, 0.4) is 0 Å². The first-order valence-corrected chi connectivity index (χ1v) is 5.40. The van der Waals surface area contributed by atoms with Gasteiger partial charge < -0.3 is 5.11 Å². The van der Waals surface area contributed by atoms with Crippen LogP contribution in [0.4, 0.5) is 0 Å². The van der Waals surface area contributed by atoms with Crippen LogP contribution in [0.15, 0.2) is 29.4 Å². The number of nitrogens with zero attached hydrogens (tertiary/aromatic N) is 2. The van der Waals surface area contributed by atoms with E-state index in [0.29, 0.717) is 0 Å². The quantitative estimate of drug-likeness (QED) is 0.818. The molecule has 0 bridgehead atoms. The molecule has 3 nitrogen and oxygen atoms in total. The number of fused-ring (bicyclic) bond motifs is 1. The summed E-state index contributed by atoms with van der Waals surface area (Å²) in [5.41, 5.74) is 1.96. The minimum Gasteiger partial charge on any atom is -0.368 e. The van der Waals surface area contributed by atoms with Crippen LogP contribution in [0.2, 0.25) is 0 Å². The molecule has 2 rings (SSSR count). The molecule has 1 aromatic rings. The lowest BCUT2D eigenvalue weighted by molar-refractivity contribution is 0.000213. The summed E-state index contributed by atoms with van der Waals surface area (Å²) in [5.74, 6) is 0. The molecule has 1 heterocycles. The number of benzene rings is 1. The third-order valence-corrected chi connectivity index (χ3v) is 2.64. The van der Waals surface area contributed by atoms with Crippen LogP contribution in [-0.4, -0.2) is 22.9 Å². The Bertz CT molecular complexity index is 362. The van der Waals surface area contributed by atoms with Gasteiger partial charge in [0.25, 0.3) is 0 Å². The molecule has 80 valence electrons. The maximum atomic E-state index is 10.1. The van der Waals surface area contributed by atoms with Crippen LogP contribution in [-0.2, 0) is 0 Å². The van der Waals surface area contributed by atoms with E-state index < -0.39 is 6.23 Å². The highest BCUT2D eigenvalue weighted by atomic mass is 16.3. The van der Waals surface area contributed by atoms with Crippen molar-refractivity contribution < 1.29 is 5.11 Å². The van der Waals surface area contributed by atoms with Crippen molar-refractivity contribution in [3.63, 3.8) is 0 Å². The number of hydrogen-bond donors (Lipinski definition) is 1. The zero-order valence-electron chi connectivity index (χ0n) is 8.93. The van der Waals surface area contributed by atoms with E-state index in [1.165, 1.54) is 0 Å². The van der Waals surface area contributed by atoms with Gasteiger partial charge in [0.1, 0.15) is 0 Å². The molecule has 0 amide bonds. The molecule has 1 aromatic carbocycles. The summed E-state index contributed by atoms with van der Waals surface area (Å²) in [7, 11) is 0. The fourth-order valence-corrected chi connectivity index (χ4v) is 1.72. The van der Waals surface area contributed by atoms with Crippen molar-refractivity contribution in [1.29, 1.82) is 0 Å². The Balaban J connectivity index is 2.18. The maximum absolute atomic E-state index is 10.1. The van der Waals surface area contributed by atoms with Crippen molar-refractivity contribution in [2.24, 2.45) is 5.10 Å². The van der Waals surface area contributed by atoms with E-state index in [-0.39, 0.29) is 0 Å². The standard InChI is InChI=1S/C12H16N2O/c1-2-3-8-14-12(15)11-7-5-4-6-10(11)9-13-14/h4-7,9,12,15H,2-3,8H2,1H3. The van der Waals surface area contributed by atoms with Gasteiger partial charge in [0.2, 0.25) is 0 Å². The zero-order chi connectivity index (χ0) is 10.7. The predicted molar refractivity (Wildman–Crippen MR) is 60.6 cm³/mol. The molecule has 1 unspecified atom stereocenters. The minimum absolute atomic E-state index is 0.585. The third kappa shape index (κ3) is 2.02. The first-order chi connectivity index (χ1) is 7.33. The normalized spacial score (nSPS) is 19.1. The summed E-state index contributed by atoms with van der Waals surface area (Å²) >= 11 is 0. The van der Waals surface area contributed by atoms with Gasteiger partial charge in [-0.3, -0.25) is 5.01 Å². The number of hydrazone groups is 1. The lowest BCUT2D eigenvalue weighted by atomic mass is 10.1. The first kappa shape index (κ1) is 10.2. The van der Waals surface area contributed by atoms with Gasteiger partial charge >= 0.3 is 0 Å². The molecule has 0 aromatic heterocycles. The Morgan fingerprint density at radius 2 is 2.20 bits per heavy atom. The summed E-state index contributed by atoms with van der Waals surface area (Å²) in [5, 5.41) is 16.0. The summed E-state index contributed by atoms with van der Waals surface area (Å²) < 4.78 is 0. The molecule has 0 radical (unpaired) electrons. The Hall–Kier alpha value is -1.35. The van der Waals surface area contributed by atoms with Crippen molar-refractivity contribution in [3.8, 4) is 0 Å². The van der Waals surface area contributed by atoms with E-state index in [4.69, 9.17) is 0 Å². The van der Waals surface area contributed by atoms with Gasteiger partial charge in [0.15, 0.2) is 6.23 Å². The smallest absolute Gasteiger partial charge is 0.169 e. The SMILES string of the molecule is CCCCN1N=Cc2ccccc2C1O. The van der Waals surface area contributed by atoms with Crippen LogP contribution >= 0.6 is 0 Å². The fourth-order valence-electron chi connectivity index (χ4n) is 1.72. The Morgan fingerprint density at radius 1 is 1.40 bits per heavy atom. The number of hydrogen-bond acceptors (Lipinski definition) is 3. The lowest BCUT2D eigenvalue weighted by Gasteiger charge is -2.29. The Kier molecular flexibility index (Phi) is 3.02. The van der Waals surface area contributed by atoms with Crippen molar-refractivity contribution in [1.82, 2.24) is 5.01 Å². The Labute approximate surface area is 90.0 Å². The van der Waals surface area contributed by atoms with E-state index in [1.807, 2.05) is 30.5 Å². The van der Waals surface area contributed by atoms with Crippen molar-refractivity contribution >= 4 is 6.21 Å². The number of aliphatic hydroxyl groups excluding tert-OH is 1. The molecule has 0 aliphatic carbocycles. The van der Waals surface area contributed by atoms with Crippen molar-refractivity contribution in [3.05, 3.63) is 35.4 Å². The van der Waals surface area contributed by atoms with Gasteiger partial charge in [-0.1, -0.05) is 37.6 Å². The van der Waals surface area contributed by atoms with E-state index >= 15 is 0 Å². The van der Waals surface area contributed by atoms with E-state index in [0.717, 1.165) is 30.5 Å². The lowest BCUT2D eigenvalue weighted by Crippen LogP contribution is -2.28. The highest BCUT2D eigenvalue weighted by Gasteiger charge is 2.20. The van der Waals surface area contributed by atoms with Crippen LogP contribution in [0.1, 0.15) is 37.1 Å². The molecule has 1 atom stereocenters. The number of rotatable bonds is 3. The molecular formula is C12H16N2O. The van der Waals surface area contributed by atoms with Gasteiger partial charge in [0, 0.05) is 17.7 Å². The van der Waals surface area contributed by atoms with Gasteiger partial charge in [-0.15, -0.1) is 0 Å². The molecule has 0 saturated carbocycles. The molecule has 0 spiro atoms. The molecular weight excluding hydrogens is 188 g/mol. The average molecular weight is 204 g/mol. The summed E-state index contributed by atoms with van der Waals surface area (Å²) in [4.78, 5) is 0. The highest BCUT2D eigenvalue weighted by molar-refractivity contribution is 5.82. The molecule has 1 N–H and O–H groups in total. The van der Waals surface area contributed by atoms with Crippen LogP contribution < -0.4 is 0 Å². The second kappa shape index (κ2) is 4.45. The monoisotopic (exact) mass is 204 g/mol. The van der Waals surface area contributed by atoms with Crippen LogP contribution in [0.25, 0.3) is 0 Å². The Morgan fingerprint density at radius 3 is 3.00 bits per heavy atom. The second-order valence-corrected chi connectivity index (χ2v) is 3.76. The summed E-state index contributed by atoms with van der Waals surface area (Å²) in [6.45, 7) is 2.94. The molecule has 3 heteroatoms. The molecule has 0 saturated heterocycles. The van der Waals surface area contributed by atoms with Gasteiger partial charge in [-0.2, -0.15) is 5.10 Å². The summed E-state index contributed by atoms with van der Waals surface area (Å²) in [6.07, 6.45) is 3.40. The second-order valence-electron chi connectivity index (χ2n) is 3.76. The average Bonchev–Trinajstić information content (AvgIpc) is 2.29. The maximum Gasteiger partial charge on any atom is 0.169 e. The van der Waals surface area contributed by atoms with Crippen LogP contribution in [0.5, 0.6) is 0 Å². The van der Waals surface area contributed by atoms with E-state index in [1.54, 1.807) is 5.01 Å². The fraction of sp³-hybridized carbons (Fsp3) is 0.417. The van der Waals surface area contributed by atoms with Gasteiger partial charge in [0.05, 0.1) is 6.21 Å². The van der Waals surface area contributed by atoms with E-state index in [9.17, 15) is 5.11 Å². The molecule has 0 fully saturated rings. The zero-order valence-corrected chi connectivity index (χ0v) is 8.93. The van der Waals surface area contributed by atoms with Gasteiger partial charge in [-0.05, 0) is 6.42 Å². The van der Waals surface area contributed by atoms with Crippen molar-refractivity contribution in [2.45, 2.75) is 26.0 Å². The number of unbranched alkanes of at least 4 members (excludes halogenated alkanes) is 1. The topological polar surface area (TPSA) is 35.8 Å². The van der Waals surface area contributed by atoms with Crippen molar-refractivity contribution in [2.75, 3.05) is 6.54 Å². The van der Waals surface area contributed by atoms with Crippen LogP contribution in [0, 0.1) is 0 Å². The van der Waals surface area contributed by atoms with E-state index in [2.05, 4.69) is 12.0 Å².